The van der Waals surface area contributed by atoms with Crippen LogP contribution in [-0.2, 0) is 41.4 Å². The molecule has 8 atom stereocenters. The maximum Gasteiger partial charge on any atom is 0.310 e. The molecule has 0 unspecified atom stereocenters. The second-order valence-corrected chi connectivity index (χ2v) is 17.6. The molecule has 3 fully saturated rings. The summed E-state index contributed by atoms with van der Waals surface area (Å²) in [5.74, 6) is -1.52. The van der Waals surface area contributed by atoms with Crippen LogP contribution in [0.25, 0.3) is 0 Å². The van der Waals surface area contributed by atoms with Gasteiger partial charge in [-0.1, -0.05) is 69.0 Å². The van der Waals surface area contributed by atoms with E-state index in [0.717, 1.165) is 11.1 Å². The number of esters is 1. The molecule has 1 N–H and O–H groups in total. The lowest BCUT2D eigenvalue weighted by Gasteiger charge is -2.71. The van der Waals surface area contributed by atoms with Gasteiger partial charge in [-0.25, -0.2) is 0 Å². The number of benzene rings is 2. The molecule has 1 saturated carbocycles. The molecular weight excluding hydrogens is 672 g/mol. The minimum absolute atomic E-state index is 0.0161. The highest BCUT2D eigenvalue weighted by Crippen LogP contribution is 2.79. The maximum absolute atomic E-state index is 14.3. The van der Waals surface area contributed by atoms with E-state index >= 15 is 0 Å². The van der Waals surface area contributed by atoms with Gasteiger partial charge in [0.15, 0.2) is 17.3 Å². The first-order valence-corrected chi connectivity index (χ1v) is 18.6. The topological polar surface area (TPSA) is 110 Å². The van der Waals surface area contributed by atoms with Gasteiger partial charge in [0.2, 0.25) is 0 Å². The van der Waals surface area contributed by atoms with E-state index in [0.29, 0.717) is 34.6 Å². The van der Waals surface area contributed by atoms with Gasteiger partial charge in [0.1, 0.15) is 34.6 Å². The van der Waals surface area contributed by atoms with Crippen molar-refractivity contribution in [2.24, 2.45) is 16.7 Å². The van der Waals surface area contributed by atoms with Crippen LogP contribution >= 0.6 is 0 Å². The molecule has 0 amide bonds. The van der Waals surface area contributed by atoms with E-state index in [1.165, 1.54) is 0 Å². The van der Waals surface area contributed by atoms with E-state index in [2.05, 4.69) is 27.4 Å². The number of Topliss-reactive ketones (excluding diaryl/α,β-unsaturated/α-hetero) is 1. The van der Waals surface area contributed by atoms with Crippen molar-refractivity contribution in [3.63, 3.8) is 0 Å². The molecule has 7 rings (SSSR count). The van der Waals surface area contributed by atoms with Crippen molar-refractivity contribution in [1.29, 1.82) is 0 Å². The first-order chi connectivity index (χ1) is 24.6. The monoisotopic (exact) mass is 726 g/mol. The van der Waals surface area contributed by atoms with E-state index in [9.17, 15) is 14.7 Å². The third-order valence-corrected chi connectivity index (χ3v) is 13.0. The molecule has 0 spiro atoms. The fraction of sp³-hybridized carbons (Fsp3) is 0.545. The van der Waals surface area contributed by atoms with Crippen molar-refractivity contribution >= 4 is 11.8 Å². The van der Waals surface area contributed by atoms with Gasteiger partial charge in [0, 0.05) is 11.8 Å². The molecule has 9 nitrogen and oxygen atoms in total. The van der Waals surface area contributed by atoms with Crippen LogP contribution in [0.2, 0.25) is 0 Å². The molecule has 0 aromatic heterocycles. The highest BCUT2D eigenvalue weighted by Gasteiger charge is 2.89. The van der Waals surface area contributed by atoms with E-state index in [1.54, 1.807) is 26.2 Å². The summed E-state index contributed by atoms with van der Waals surface area (Å²) in [6, 6.07) is 15.3. The van der Waals surface area contributed by atoms with Crippen LogP contribution in [0.15, 0.2) is 84.0 Å². The van der Waals surface area contributed by atoms with Gasteiger partial charge < -0.3 is 33.5 Å². The standard InChI is InChI=1S/C44H54O9/c1-27(2)42-22-29(4)44-38(8,40(42,10)51-43(52-42,53-44)25-30-15-13-12-14-16-30)23-32(24-41(47)36(46)28(3)21-39(41,44)9)26-49-35(45)20-31-17-18-33(34(19-31)48-11)50-37(5,6)7/h12-19,21,23,29,47H,1,20,22,24-26H2,2-11H3/t29-,38+,39-,40-,41+,42-,43-,44-/m1/s1. The molecule has 5 aliphatic rings. The molecule has 2 saturated heterocycles. The third-order valence-electron chi connectivity index (χ3n) is 13.0. The van der Waals surface area contributed by atoms with Gasteiger partial charge in [0.25, 0.3) is 5.97 Å². The van der Waals surface area contributed by atoms with E-state index < -0.39 is 50.8 Å². The molecule has 53 heavy (non-hydrogen) atoms. The number of ether oxygens (including phenoxy) is 6. The van der Waals surface area contributed by atoms with Gasteiger partial charge in [-0.2, -0.15) is 0 Å². The predicted octanol–water partition coefficient (Wildman–Crippen LogP) is 7.39. The number of carbonyl (C=O) groups excluding carboxylic acids is 2. The van der Waals surface area contributed by atoms with Crippen molar-refractivity contribution in [2.45, 2.75) is 122 Å². The Bertz CT molecular complexity index is 1940. The fourth-order valence-corrected chi connectivity index (χ4v) is 10.9. The summed E-state index contributed by atoms with van der Waals surface area (Å²) < 4.78 is 39.3. The van der Waals surface area contributed by atoms with Crippen LogP contribution < -0.4 is 9.47 Å². The molecule has 2 aromatic carbocycles. The van der Waals surface area contributed by atoms with E-state index in [-0.39, 0.29) is 37.6 Å². The Morgan fingerprint density at radius 2 is 1.68 bits per heavy atom. The Labute approximate surface area is 313 Å². The Hall–Kier alpha value is -3.76. The summed E-state index contributed by atoms with van der Waals surface area (Å²) in [6.07, 6.45) is 4.68. The van der Waals surface area contributed by atoms with Crippen LogP contribution in [-0.4, -0.2) is 64.6 Å². The second-order valence-electron chi connectivity index (χ2n) is 17.6. The van der Waals surface area contributed by atoms with E-state index in [1.807, 2.05) is 83.2 Å². The van der Waals surface area contributed by atoms with Crippen LogP contribution in [0.3, 0.4) is 0 Å². The number of hydrogen-bond acceptors (Lipinski definition) is 9. The number of rotatable bonds is 9. The highest BCUT2D eigenvalue weighted by molar-refractivity contribution is 6.05. The summed E-state index contributed by atoms with van der Waals surface area (Å²) in [7, 11) is 1.56. The molecule has 3 aliphatic carbocycles. The quantitative estimate of drug-likeness (QED) is 0.209. The molecule has 9 heteroatoms. The lowest BCUT2D eigenvalue weighted by molar-refractivity contribution is -0.462. The number of fused-ring (bicyclic) bond motifs is 2. The van der Waals surface area contributed by atoms with Gasteiger partial charge in [-0.3, -0.25) is 9.59 Å². The summed E-state index contributed by atoms with van der Waals surface area (Å²) in [5.41, 5.74) is -4.32. The smallest absolute Gasteiger partial charge is 0.310 e. The number of aliphatic hydroxyl groups is 1. The first-order valence-electron chi connectivity index (χ1n) is 18.6. The molecular formula is C44H54O9. The molecule has 0 radical (unpaired) electrons. The first kappa shape index (κ1) is 37.6. The largest absolute Gasteiger partial charge is 0.493 e. The summed E-state index contributed by atoms with van der Waals surface area (Å²) in [5, 5.41) is 12.9. The second kappa shape index (κ2) is 11.9. The lowest BCUT2D eigenvalue weighted by Crippen LogP contribution is -2.82. The molecule has 284 valence electrons. The van der Waals surface area contributed by atoms with E-state index in [4.69, 9.17) is 28.4 Å². The van der Waals surface area contributed by atoms with Crippen LogP contribution in [0, 0.1) is 16.7 Å². The summed E-state index contributed by atoms with van der Waals surface area (Å²) in [6.45, 7) is 22.1. The number of methoxy groups -OCH3 is 1. The Balaban J connectivity index is 1.30. The predicted molar refractivity (Wildman–Crippen MR) is 199 cm³/mol. The molecule has 2 heterocycles. The Kier molecular flexibility index (Phi) is 8.41. The van der Waals surface area contributed by atoms with Crippen molar-refractivity contribution in [3.8, 4) is 11.5 Å². The number of ketones is 1. The van der Waals surface area contributed by atoms with Crippen molar-refractivity contribution < 1.29 is 43.1 Å². The van der Waals surface area contributed by atoms with Crippen molar-refractivity contribution in [1.82, 2.24) is 0 Å². The van der Waals surface area contributed by atoms with Gasteiger partial charge >= 0.3 is 5.97 Å². The minimum atomic E-state index is -1.90. The number of carbonyl (C=O) groups is 2. The average Bonchev–Trinajstić information content (AvgIpc) is 3.31. The minimum Gasteiger partial charge on any atom is -0.493 e. The lowest BCUT2D eigenvalue weighted by atomic mass is 9.40. The van der Waals surface area contributed by atoms with Crippen LogP contribution in [0.1, 0.15) is 86.3 Å². The van der Waals surface area contributed by atoms with Gasteiger partial charge in [-0.15, -0.1) is 0 Å². The molecule has 3 bridgehead atoms. The SMILES string of the molecule is C=C(C)[C@]12C[C@@H](C)[C@@]34O[C@](Cc5ccccc5)(O[C@]1(C)[C@]3(C)C=C(COC(=O)Cc1ccc(OC(C)(C)C)c(OC)c1)C[C@]1(O)C(=O)C(C)=C[C@@]41C)O2. The zero-order chi connectivity index (χ0) is 38.6. The van der Waals surface area contributed by atoms with Crippen molar-refractivity contribution in [2.75, 3.05) is 13.7 Å². The summed E-state index contributed by atoms with van der Waals surface area (Å²) in [4.78, 5) is 27.8. The fourth-order valence-electron chi connectivity index (χ4n) is 10.9. The Morgan fingerprint density at radius 1 is 0.981 bits per heavy atom. The molecule has 2 aromatic rings. The maximum atomic E-state index is 14.3. The third kappa shape index (κ3) is 5.03. The van der Waals surface area contributed by atoms with Crippen molar-refractivity contribution in [3.05, 3.63) is 95.1 Å². The highest BCUT2D eigenvalue weighted by atomic mass is 16.9. The van der Waals surface area contributed by atoms with Gasteiger partial charge in [-0.05, 0) is 101 Å². The Morgan fingerprint density at radius 3 is 2.32 bits per heavy atom. The normalized spacial score (nSPS) is 38.3. The average molecular weight is 727 g/mol. The zero-order valence-electron chi connectivity index (χ0n) is 32.8. The van der Waals surface area contributed by atoms with Crippen LogP contribution in [0.5, 0.6) is 11.5 Å². The van der Waals surface area contributed by atoms with Gasteiger partial charge in [0.05, 0.1) is 25.4 Å². The van der Waals surface area contributed by atoms with Crippen LogP contribution in [0.4, 0.5) is 0 Å². The zero-order valence-corrected chi connectivity index (χ0v) is 32.8. The number of hydrogen-bond donors (Lipinski definition) is 1. The molecule has 2 aliphatic heterocycles. The summed E-state index contributed by atoms with van der Waals surface area (Å²) >= 11 is 0.